The first-order valence-corrected chi connectivity index (χ1v) is 7.77. The Labute approximate surface area is 118 Å². The topological polar surface area (TPSA) is 29.3 Å². The van der Waals surface area contributed by atoms with Crippen LogP contribution in [0.25, 0.3) is 0 Å². The molecule has 3 heteroatoms. The third-order valence-electron chi connectivity index (χ3n) is 3.63. The summed E-state index contributed by atoms with van der Waals surface area (Å²) in [7, 11) is 0. The van der Waals surface area contributed by atoms with Crippen LogP contribution in [-0.2, 0) is 6.54 Å². The fourth-order valence-corrected chi connectivity index (χ4v) is 3.20. The Hall–Kier alpha value is -1.32. The second kappa shape index (κ2) is 5.35. The van der Waals surface area contributed by atoms with Crippen molar-refractivity contribution in [1.82, 2.24) is 0 Å². The fourth-order valence-electron chi connectivity index (χ4n) is 2.50. The van der Waals surface area contributed by atoms with Crippen molar-refractivity contribution in [2.75, 3.05) is 4.90 Å². The van der Waals surface area contributed by atoms with Gasteiger partial charge in [-0.05, 0) is 42.8 Å². The van der Waals surface area contributed by atoms with E-state index >= 15 is 0 Å². The molecule has 0 aliphatic heterocycles. The Morgan fingerprint density at radius 3 is 2.68 bits per heavy atom. The first-order valence-electron chi connectivity index (χ1n) is 6.89. The van der Waals surface area contributed by atoms with E-state index in [1.165, 1.54) is 29.0 Å². The molecule has 1 heterocycles. The molecule has 0 saturated heterocycles. The summed E-state index contributed by atoms with van der Waals surface area (Å²) >= 11 is 1.83. The number of para-hydroxylation sites is 1. The van der Waals surface area contributed by atoms with Crippen molar-refractivity contribution in [2.24, 2.45) is 5.73 Å². The maximum atomic E-state index is 6.12. The normalized spacial score (nSPS) is 16.3. The zero-order valence-electron chi connectivity index (χ0n) is 11.3. The quantitative estimate of drug-likeness (QED) is 0.893. The number of hydrogen-bond acceptors (Lipinski definition) is 3. The van der Waals surface area contributed by atoms with E-state index in [0.29, 0.717) is 6.04 Å². The van der Waals surface area contributed by atoms with Gasteiger partial charge in [0.2, 0.25) is 0 Å². The largest absolute Gasteiger partial charge is 0.363 e. The van der Waals surface area contributed by atoms with Crippen molar-refractivity contribution in [1.29, 1.82) is 0 Å². The highest BCUT2D eigenvalue weighted by Gasteiger charge is 2.30. The first kappa shape index (κ1) is 12.7. The fraction of sp³-hybridized carbons (Fsp3) is 0.375. The number of benzene rings is 1. The first-order chi connectivity index (χ1) is 9.25. The lowest BCUT2D eigenvalue weighted by Crippen LogP contribution is -2.26. The van der Waals surface area contributed by atoms with E-state index in [1.807, 2.05) is 11.3 Å². The molecule has 1 fully saturated rings. The summed E-state index contributed by atoms with van der Waals surface area (Å²) < 4.78 is 0. The van der Waals surface area contributed by atoms with Crippen LogP contribution >= 0.6 is 11.3 Å². The maximum Gasteiger partial charge on any atom is 0.0526 e. The predicted molar refractivity (Wildman–Crippen MR) is 82.6 cm³/mol. The highest BCUT2D eigenvalue weighted by atomic mass is 32.1. The number of hydrogen-bond donors (Lipinski definition) is 1. The van der Waals surface area contributed by atoms with Gasteiger partial charge in [0, 0.05) is 22.6 Å². The van der Waals surface area contributed by atoms with Gasteiger partial charge in [-0.2, -0.15) is 0 Å². The third-order valence-corrected chi connectivity index (χ3v) is 4.49. The summed E-state index contributed by atoms with van der Waals surface area (Å²) in [5.41, 5.74) is 8.69. The summed E-state index contributed by atoms with van der Waals surface area (Å²) in [5.74, 6) is 0. The zero-order valence-corrected chi connectivity index (χ0v) is 12.1. The van der Waals surface area contributed by atoms with Crippen LogP contribution in [0, 0.1) is 0 Å². The molecule has 0 unspecified atom stereocenters. The lowest BCUT2D eigenvalue weighted by molar-refractivity contribution is 0.763. The number of nitrogens with zero attached hydrogens (tertiary/aromatic N) is 1. The van der Waals surface area contributed by atoms with Crippen molar-refractivity contribution in [3.63, 3.8) is 0 Å². The van der Waals surface area contributed by atoms with Gasteiger partial charge < -0.3 is 10.6 Å². The van der Waals surface area contributed by atoms with Gasteiger partial charge in [0.05, 0.1) is 6.54 Å². The highest BCUT2D eigenvalue weighted by molar-refractivity contribution is 7.09. The van der Waals surface area contributed by atoms with E-state index < -0.39 is 0 Å². The molecule has 19 heavy (non-hydrogen) atoms. The summed E-state index contributed by atoms with van der Waals surface area (Å²) in [6.07, 6.45) is 2.61. The number of rotatable bonds is 5. The van der Waals surface area contributed by atoms with Crippen molar-refractivity contribution in [3.8, 4) is 0 Å². The van der Waals surface area contributed by atoms with Gasteiger partial charge in [0.1, 0.15) is 0 Å². The van der Waals surface area contributed by atoms with Gasteiger partial charge in [-0.15, -0.1) is 11.3 Å². The zero-order chi connectivity index (χ0) is 13.2. The molecule has 100 valence electrons. The van der Waals surface area contributed by atoms with E-state index in [9.17, 15) is 0 Å². The van der Waals surface area contributed by atoms with Crippen molar-refractivity contribution in [2.45, 2.75) is 38.4 Å². The van der Waals surface area contributed by atoms with Gasteiger partial charge in [-0.3, -0.25) is 0 Å². The van der Waals surface area contributed by atoms with Crippen molar-refractivity contribution < 1.29 is 0 Å². The molecule has 2 N–H and O–H groups in total. The van der Waals surface area contributed by atoms with Crippen LogP contribution in [0.15, 0.2) is 41.8 Å². The van der Waals surface area contributed by atoms with Gasteiger partial charge >= 0.3 is 0 Å². The Morgan fingerprint density at radius 1 is 1.26 bits per heavy atom. The molecule has 1 aliphatic carbocycles. The molecule has 1 atom stereocenters. The molecular weight excluding hydrogens is 252 g/mol. The Balaban J connectivity index is 1.92. The second-order valence-electron chi connectivity index (χ2n) is 5.29. The number of thiophene rings is 1. The molecular formula is C16H20N2S. The molecule has 2 nitrogen and oxygen atoms in total. The van der Waals surface area contributed by atoms with E-state index in [1.54, 1.807) is 0 Å². The van der Waals surface area contributed by atoms with Crippen LogP contribution < -0.4 is 10.6 Å². The van der Waals surface area contributed by atoms with Crippen LogP contribution in [0.4, 0.5) is 5.69 Å². The van der Waals surface area contributed by atoms with Crippen LogP contribution in [-0.4, -0.2) is 6.04 Å². The van der Waals surface area contributed by atoms with E-state index in [2.05, 4.69) is 53.6 Å². The summed E-state index contributed by atoms with van der Waals surface area (Å²) in [6, 6.07) is 13.7. The van der Waals surface area contributed by atoms with Crippen molar-refractivity contribution >= 4 is 17.0 Å². The van der Waals surface area contributed by atoms with E-state index in [4.69, 9.17) is 5.73 Å². The Morgan fingerprint density at radius 2 is 2.05 bits per heavy atom. The average molecular weight is 272 g/mol. The average Bonchev–Trinajstić information content (AvgIpc) is 3.13. The lowest BCUT2D eigenvalue weighted by atomic mass is 10.1. The minimum Gasteiger partial charge on any atom is -0.363 e. The Bertz CT molecular complexity index is 529. The summed E-state index contributed by atoms with van der Waals surface area (Å²) in [6.45, 7) is 3.07. The number of nitrogens with two attached hydrogens (primary N) is 1. The van der Waals surface area contributed by atoms with Crippen LogP contribution in [0.2, 0.25) is 0 Å². The molecule has 0 amide bonds. The second-order valence-corrected chi connectivity index (χ2v) is 6.32. The SMILES string of the molecule is C[C@H](N)c1ccccc1N(Cc1cccs1)C1CC1. The molecule has 0 spiro atoms. The molecule has 1 aromatic carbocycles. The molecule has 1 saturated carbocycles. The lowest BCUT2D eigenvalue weighted by Gasteiger charge is -2.27. The predicted octanol–water partition coefficient (Wildman–Crippen LogP) is 3.94. The minimum absolute atomic E-state index is 0.0841. The number of anilines is 1. The summed E-state index contributed by atoms with van der Waals surface area (Å²) in [4.78, 5) is 3.95. The van der Waals surface area contributed by atoms with Crippen LogP contribution in [0.1, 0.15) is 36.2 Å². The van der Waals surface area contributed by atoms with Gasteiger partial charge in [-0.1, -0.05) is 24.3 Å². The molecule has 1 aliphatic rings. The maximum absolute atomic E-state index is 6.12. The molecule has 3 rings (SSSR count). The smallest absolute Gasteiger partial charge is 0.0526 e. The molecule has 2 aromatic rings. The van der Waals surface area contributed by atoms with Crippen LogP contribution in [0.3, 0.4) is 0 Å². The highest BCUT2D eigenvalue weighted by Crippen LogP contribution is 2.36. The Kier molecular flexibility index (Phi) is 3.58. The minimum atomic E-state index is 0.0841. The van der Waals surface area contributed by atoms with E-state index in [-0.39, 0.29) is 6.04 Å². The molecule has 0 bridgehead atoms. The molecule has 1 aromatic heterocycles. The van der Waals surface area contributed by atoms with Gasteiger partial charge in [0.15, 0.2) is 0 Å². The van der Waals surface area contributed by atoms with Gasteiger partial charge in [0.25, 0.3) is 0 Å². The monoisotopic (exact) mass is 272 g/mol. The van der Waals surface area contributed by atoms with Gasteiger partial charge in [-0.25, -0.2) is 0 Å². The van der Waals surface area contributed by atoms with Crippen molar-refractivity contribution in [3.05, 3.63) is 52.2 Å². The summed E-state index contributed by atoms with van der Waals surface area (Å²) in [5, 5.41) is 2.15. The standard InChI is InChI=1S/C16H20N2S/c1-12(17)15-6-2-3-7-16(15)18(13-8-9-13)11-14-5-4-10-19-14/h2-7,10,12-13H,8-9,11,17H2,1H3/t12-/m0/s1. The molecule has 0 radical (unpaired) electrons. The van der Waals surface area contributed by atoms with Crippen LogP contribution in [0.5, 0.6) is 0 Å². The van der Waals surface area contributed by atoms with E-state index in [0.717, 1.165) is 6.54 Å². The third kappa shape index (κ3) is 2.82.